The van der Waals surface area contributed by atoms with Gasteiger partial charge in [-0.1, -0.05) is 30.3 Å². The summed E-state index contributed by atoms with van der Waals surface area (Å²) in [6.07, 6.45) is -1.12. The van der Waals surface area contributed by atoms with E-state index in [1.807, 2.05) is 90.6 Å². The predicted octanol–water partition coefficient (Wildman–Crippen LogP) is 4.18. The molecule has 0 fully saturated rings. The Morgan fingerprint density at radius 2 is 1.07 bits per heavy atom. The van der Waals surface area contributed by atoms with Crippen LogP contribution in [0.3, 0.4) is 0 Å². The monoisotopic (exact) mass is 609 g/mol. The molecule has 238 valence electrons. The average molecular weight is 610 g/mol. The summed E-state index contributed by atoms with van der Waals surface area (Å²) < 4.78 is 22.4. The van der Waals surface area contributed by atoms with Gasteiger partial charge < -0.3 is 39.0 Å². The Morgan fingerprint density at radius 3 is 1.41 bits per heavy atom. The van der Waals surface area contributed by atoms with Crippen LogP contribution in [-0.4, -0.2) is 93.0 Å². The maximum Gasteiger partial charge on any atom is 0.333 e. The Labute approximate surface area is 258 Å². The maximum absolute atomic E-state index is 11.3. The highest BCUT2D eigenvalue weighted by Gasteiger charge is 2.19. The van der Waals surface area contributed by atoms with E-state index in [4.69, 9.17) is 23.9 Å². The molecular weight excluding hydrogens is 566 g/mol. The molecule has 3 rings (SSSR count). The second-order valence-electron chi connectivity index (χ2n) is 10.2. The van der Waals surface area contributed by atoms with Crippen LogP contribution in [0.25, 0.3) is 0 Å². The van der Waals surface area contributed by atoms with Crippen molar-refractivity contribution < 1.29 is 38.7 Å². The van der Waals surface area contributed by atoms with Crippen molar-refractivity contribution in [3.8, 4) is 11.5 Å². The van der Waals surface area contributed by atoms with E-state index in [9.17, 15) is 19.8 Å². The zero-order valence-corrected chi connectivity index (χ0v) is 25.8. The van der Waals surface area contributed by atoms with Gasteiger partial charge in [0, 0.05) is 40.2 Å². The first-order valence-corrected chi connectivity index (χ1v) is 14.7. The van der Waals surface area contributed by atoms with Crippen LogP contribution in [0.15, 0.2) is 66.7 Å². The molecule has 2 aromatic carbocycles. The summed E-state index contributed by atoms with van der Waals surface area (Å²) in [6.45, 7) is 6.38. The van der Waals surface area contributed by atoms with Crippen molar-refractivity contribution in [3.05, 3.63) is 77.9 Å². The molecule has 1 aromatic heterocycles. The normalized spacial score (nSPS) is 12.3. The highest BCUT2D eigenvalue weighted by Crippen LogP contribution is 2.18. The zero-order chi connectivity index (χ0) is 31.9. The van der Waals surface area contributed by atoms with Crippen LogP contribution in [0.1, 0.15) is 25.0 Å². The minimum atomic E-state index is -0.970. The molecule has 44 heavy (non-hydrogen) atoms. The van der Waals surface area contributed by atoms with Gasteiger partial charge in [-0.2, -0.15) is 0 Å². The van der Waals surface area contributed by atoms with Crippen LogP contribution in [0.2, 0.25) is 0 Å². The van der Waals surface area contributed by atoms with E-state index in [0.29, 0.717) is 63.9 Å². The lowest BCUT2D eigenvalue weighted by atomic mass is 10.1. The molecule has 0 amide bonds. The SMILES string of the molecule is CCOC(Cc1ccc(OCCN(C)c2cccc(N(C)CCOc3ccc(C[C@H](OCC)C(=O)O)cc3)n2)cc1)C(=O)O. The van der Waals surface area contributed by atoms with Crippen LogP contribution >= 0.6 is 0 Å². The van der Waals surface area contributed by atoms with E-state index < -0.39 is 24.1 Å². The van der Waals surface area contributed by atoms with Gasteiger partial charge >= 0.3 is 11.9 Å². The highest BCUT2D eigenvalue weighted by atomic mass is 16.5. The fraction of sp³-hybridized carbons (Fsp3) is 0.424. The van der Waals surface area contributed by atoms with Crippen LogP contribution in [0.4, 0.5) is 11.6 Å². The first-order valence-electron chi connectivity index (χ1n) is 14.7. The molecule has 0 saturated heterocycles. The van der Waals surface area contributed by atoms with Crippen molar-refractivity contribution in [2.24, 2.45) is 0 Å². The molecule has 1 unspecified atom stereocenters. The second-order valence-corrected chi connectivity index (χ2v) is 10.2. The molecule has 2 atom stereocenters. The fourth-order valence-electron chi connectivity index (χ4n) is 4.38. The Hall–Kier alpha value is -4.35. The van der Waals surface area contributed by atoms with Crippen molar-refractivity contribution >= 4 is 23.6 Å². The Kier molecular flexibility index (Phi) is 13.7. The molecule has 11 nitrogen and oxygen atoms in total. The van der Waals surface area contributed by atoms with Gasteiger partial charge in [-0.3, -0.25) is 0 Å². The van der Waals surface area contributed by atoms with Gasteiger partial charge in [0.05, 0.1) is 13.1 Å². The number of nitrogens with zero attached hydrogens (tertiary/aromatic N) is 3. The summed E-state index contributed by atoms with van der Waals surface area (Å²) in [7, 11) is 3.91. The lowest BCUT2D eigenvalue weighted by molar-refractivity contribution is -0.150. The number of rotatable bonds is 20. The third-order valence-electron chi connectivity index (χ3n) is 6.87. The van der Waals surface area contributed by atoms with Crippen LogP contribution in [-0.2, 0) is 31.9 Å². The Bertz CT molecular complexity index is 1210. The molecule has 11 heteroatoms. The number of anilines is 2. The second kappa shape index (κ2) is 17.7. The minimum Gasteiger partial charge on any atom is -0.492 e. The molecule has 0 aliphatic rings. The number of ether oxygens (including phenoxy) is 4. The number of carboxylic acid groups (broad SMARTS) is 2. The van der Waals surface area contributed by atoms with Crippen molar-refractivity contribution in [2.45, 2.75) is 38.9 Å². The largest absolute Gasteiger partial charge is 0.492 e. The standard InChI is InChI=1S/C33H43N3O8/c1-5-41-28(32(37)38)22-24-10-14-26(15-11-24)43-20-18-35(3)30-8-7-9-31(34-30)36(4)19-21-44-27-16-12-25(13-17-27)23-29(33(39)40)42-6-2/h7-17,28-29H,5-6,18-23H2,1-4H3,(H,37,38)(H,39,40)/t28-,29?/m0/s1. The number of hydrogen-bond donors (Lipinski definition) is 2. The van der Waals surface area contributed by atoms with E-state index in [2.05, 4.69) is 0 Å². The third-order valence-corrected chi connectivity index (χ3v) is 6.87. The first-order chi connectivity index (χ1) is 21.2. The summed E-state index contributed by atoms with van der Waals surface area (Å²) in [5, 5.41) is 18.6. The number of hydrogen-bond acceptors (Lipinski definition) is 9. The number of aromatic nitrogens is 1. The zero-order valence-electron chi connectivity index (χ0n) is 25.8. The van der Waals surface area contributed by atoms with E-state index in [0.717, 1.165) is 22.8 Å². The van der Waals surface area contributed by atoms with Gasteiger partial charge in [0.1, 0.15) is 36.3 Å². The molecule has 2 N–H and O–H groups in total. The van der Waals surface area contributed by atoms with Crippen molar-refractivity contribution in [1.82, 2.24) is 4.98 Å². The molecule has 0 radical (unpaired) electrons. The highest BCUT2D eigenvalue weighted by molar-refractivity contribution is 5.73. The average Bonchev–Trinajstić information content (AvgIpc) is 3.02. The molecule has 0 aliphatic carbocycles. The molecule has 0 aliphatic heterocycles. The van der Waals surface area contributed by atoms with Gasteiger partial charge in [-0.15, -0.1) is 0 Å². The summed E-state index contributed by atoms with van der Waals surface area (Å²) in [4.78, 5) is 31.5. The van der Waals surface area contributed by atoms with Gasteiger partial charge in [0.15, 0.2) is 12.2 Å². The minimum absolute atomic E-state index is 0.299. The van der Waals surface area contributed by atoms with E-state index in [-0.39, 0.29) is 0 Å². The smallest absolute Gasteiger partial charge is 0.333 e. The van der Waals surface area contributed by atoms with Crippen LogP contribution < -0.4 is 19.3 Å². The maximum atomic E-state index is 11.3. The molecule has 0 spiro atoms. The number of carbonyl (C=O) groups is 2. The van der Waals surface area contributed by atoms with Crippen LogP contribution in [0, 0.1) is 0 Å². The molecule has 1 heterocycles. The number of pyridine rings is 1. The molecule has 0 bridgehead atoms. The predicted molar refractivity (Wildman–Crippen MR) is 168 cm³/mol. The van der Waals surface area contributed by atoms with E-state index >= 15 is 0 Å². The summed E-state index contributed by atoms with van der Waals surface area (Å²) in [5.41, 5.74) is 1.74. The van der Waals surface area contributed by atoms with Gasteiger partial charge in [-0.05, 0) is 61.4 Å². The first kappa shape index (κ1) is 34.1. The lowest BCUT2D eigenvalue weighted by Crippen LogP contribution is -2.27. The number of likely N-dealkylation sites (N-methyl/N-ethyl adjacent to an activating group) is 2. The van der Waals surface area contributed by atoms with E-state index in [1.165, 1.54) is 0 Å². The van der Waals surface area contributed by atoms with Crippen molar-refractivity contribution in [1.29, 1.82) is 0 Å². The van der Waals surface area contributed by atoms with Gasteiger partial charge in [0.25, 0.3) is 0 Å². The lowest BCUT2D eigenvalue weighted by Gasteiger charge is -2.22. The molecular formula is C33H43N3O8. The number of benzene rings is 2. The summed E-state index contributed by atoms with van der Waals surface area (Å²) in [6, 6.07) is 20.6. The van der Waals surface area contributed by atoms with Crippen molar-refractivity contribution in [2.75, 3.05) is 63.4 Å². The van der Waals surface area contributed by atoms with Crippen LogP contribution in [0.5, 0.6) is 11.5 Å². The topological polar surface area (TPSA) is 131 Å². The fourth-order valence-corrected chi connectivity index (χ4v) is 4.38. The van der Waals surface area contributed by atoms with Gasteiger partial charge in [-0.25, -0.2) is 14.6 Å². The molecule has 3 aromatic rings. The quantitative estimate of drug-likeness (QED) is 0.191. The van der Waals surface area contributed by atoms with Gasteiger partial charge in [0.2, 0.25) is 0 Å². The molecule has 0 saturated carbocycles. The number of carboxylic acids is 2. The number of aliphatic carboxylic acids is 2. The summed E-state index contributed by atoms with van der Waals surface area (Å²) >= 11 is 0. The van der Waals surface area contributed by atoms with Crippen molar-refractivity contribution in [3.63, 3.8) is 0 Å². The third kappa shape index (κ3) is 11.1. The Morgan fingerprint density at radius 1 is 0.682 bits per heavy atom. The Balaban J connectivity index is 1.43. The summed E-state index contributed by atoms with van der Waals surface area (Å²) in [5.74, 6) is 1.09. The van der Waals surface area contributed by atoms with E-state index in [1.54, 1.807) is 13.8 Å².